The van der Waals surface area contributed by atoms with E-state index in [1.807, 2.05) is 0 Å². The molecule has 2 heterocycles. The van der Waals surface area contributed by atoms with Crippen LogP contribution in [0.3, 0.4) is 0 Å². The maximum Gasteiger partial charge on any atom is 0.330 e. The van der Waals surface area contributed by atoms with Crippen molar-refractivity contribution in [3.05, 3.63) is 32.6 Å². The molecule has 0 amide bonds. The van der Waals surface area contributed by atoms with Crippen LogP contribution in [0.4, 0.5) is 0 Å². The molecule has 2 rings (SSSR count). The van der Waals surface area contributed by atoms with Crippen molar-refractivity contribution in [2.24, 2.45) is 14.1 Å². The molecule has 124 valence electrons. The molecular formula is C16H28N4O2. The van der Waals surface area contributed by atoms with Gasteiger partial charge in [0.15, 0.2) is 0 Å². The maximum absolute atomic E-state index is 12.1. The summed E-state index contributed by atoms with van der Waals surface area (Å²) in [5.41, 5.74) is 0.173. The molecule has 0 unspecified atom stereocenters. The molecule has 1 N–H and O–H groups in total. The van der Waals surface area contributed by atoms with Crippen molar-refractivity contribution in [3.8, 4) is 0 Å². The van der Waals surface area contributed by atoms with Crippen LogP contribution in [0.1, 0.15) is 38.2 Å². The van der Waals surface area contributed by atoms with Crippen LogP contribution in [0.25, 0.3) is 0 Å². The number of rotatable bonds is 6. The number of hydrogen-bond donors (Lipinski definition) is 1. The second-order valence-corrected chi connectivity index (χ2v) is 6.26. The molecular weight excluding hydrogens is 280 g/mol. The van der Waals surface area contributed by atoms with Crippen LogP contribution in [-0.4, -0.2) is 39.7 Å². The van der Waals surface area contributed by atoms with Crippen LogP contribution in [-0.2, 0) is 20.6 Å². The average Bonchev–Trinajstić information content (AvgIpc) is 2.54. The summed E-state index contributed by atoms with van der Waals surface area (Å²) in [6, 6.07) is 0.458. The van der Waals surface area contributed by atoms with Crippen molar-refractivity contribution >= 4 is 0 Å². The van der Waals surface area contributed by atoms with E-state index in [2.05, 4.69) is 17.1 Å². The van der Waals surface area contributed by atoms with Gasteiger partial charge in [-0.3, -0.25) is 9.36 Å². The Morgan fingerprint density at radius 2 is 1.91 bits per heavy atom. The number of likely N-dealkylation sites (tertiary alicyclic amines) is 1. The van der Waals surface area contributed by atoms with Crippen LogP contribution in [0.5, 0.6) is 0 Å². The molecule has 1 aromatic rings. The number of unbranched alkanes of at least 4 members (excludes halogenated alkanes) is 1. The zero-order valence-corrected chi connectivity index (χ0v) is 14.0. The molecule has 6 nitrogen and oxygen atoms in total. The number of hydrogen-bond acceptors (Lipinski definition) is 4. The standard InChI is InChI=1S/C16H28N4O2/c1-4-5-8-20-9-6-14(7-10-20)17-11-13-12-18(2)16(22)19(3)15(13)21/h12,14,17H,4-11H2,1-3H3. The summed E-state index contributed by atoms with van der Waals surface area (Å²) >= 11 is 0. The van der Waals surface area contributed by atoms with Gasteiger partial charge in [-0.2, -0.15) is 0 Å². The van der Waals surface area contributed by atoms with Crippen molar-refractivity contribution in [3.63, 3.8) is 0 Å². The van der Waals surface area contributed by atoms with Gasteiger partial charge in [0, 0.05) is 38.4 Å². The van der Waals surface area contributed by atoms with Gasteiger partial charge in [-0.25, -0.2) is 4.79 Å². The van der Waals surface area contributed by atoms with E-state index in [1.165, 1.54) is 35.6 Å². The summed E-state index contributed by atoms with van der Waals surface area (Å²) in [7, 11) is 3.21. The summed E-state index contributed by atoms with van der Waals surface area (Å²) in [5, 5.41) is 3.47. The molecule has 0 aliphatic carbocycles. The van der Waals surface area contributed by atoms with E-state index in [0.29, 0.717) is 18.2 Å². The molecule has 22 heavy (non-hydrogen) atoms. The SMILES string of the molecule is CCCCN1CCC(NCc2cn(C)c(=O)n(C)c2=O)CC1. The van der Waals surface area contributed by atoms with Crippen molar-refractivity contribution < 1.29 is 0 Å². The average molecular weight is 308 g/mol. The van der Waals surface area contributed by atoms with Crippen molar-refractivity contribution in [2.45, 2.75) is 45.2 Å². The number of aryl methyl sites for hydroxylation is 1. The number of nitrogens with zero attached hydrogens (tertiary/aromatic N) is 3. The molecule has 0 aromatic carbocycles. The normalized spacial score (nSPS) is 17.0. The second kappa shape index (κ2) is 7.74. The largest absolute Gasteiger partial charge is 0.330 e. The number of piperidine rings is 1. The van der Waals surface area contributed by atoms with Gasteiger partial charge in [0.1, 0.15) is 0 Å². The van der Waals surface area contributed by atoms with Crippen molar-refractivity contribution in [1.29, 1.82) is 0 Å². The Bertz CT molecular complexity index is 597. The van der Waals surface area contributed by atoms with Gasteiger partial charge in [0.2, 0.25) is 0 Å². The van der Waals surface area contributed by atoms with E-state index in [0.717, 1.165) is 25.9 Å². The second-order valence-electron chi connectivity index (χ2n) is 6.26. The Morgan fingerprint density at radius 3 is 2.55 bits per heavy atom. The number of aromatic nitrogens is 2. The van der Waals surface area contributed by atoms with Gasteiger partial charge in [-0.15, -0.1) is 0 Å². The Balaban J connectivity index is 1.87. The zero-order valence-electron chi connectivity index (χ0n) is 14.0. The summed E-state index contributed by atoms with van der Waals surface area (Å²) in [6.45, 7) is 6.21. The van der Waals surface area contributed by atoms with Crippen LogP contribution < -0.4 is 16.6 Å². The third-order valence-electron chi connectivity index (χ3n) is 4.51. The molecule has 0 radical (unpaired) electrons. The lowest BCUT2D eigenvalue weighted by atomic mass is 10.0. The molecule has 0 atom stereocenters. The van der Waals surface area contributed by atoms with Crippen molar-refractivity contribution in [1.82, 2.24) is 19.4 Å². The van der Waals surface area contributed by atoms with Gasteiger partial charge in [-0.05, 0) is 38.9 Å². The molecule has 1 aromatic heterocycles. The maximum atomic E-state index is 12.1. The first kappa shape index (κ1) is 17.0. The predicted molar refractivity (Wildman–Crippen MR) is 88.1 cm³/mol. The first-order valence-corrected chi connectivity index (χ1v) is 8.24. The molecule has 0 saturated carbocycles. The fourth-order valence-electron chi connectivity index (χ4n) is 3.00. The lowest BCUT2D eigenvalue weighted by molar-refractivity contribution is 0.195. The van der Waals surface area contributed by atoms with Crippen LogP contribution >= 0.6 is 0 Å². The molecule has 1 saturated heterocycles. The van der Waals surface area contributed by atoms with E-state index in [9.17, 15) is 9.59 Å². The molecule has 1 fully saturated rings. The van der Waals surface area contributed by atoms with Gasteiger partial charge < -0.3 is 14.8 Å². The smallest absolute Gasteiger partial charge is 0.310 e. The quantitative estimate of drug-likeness (QED) is 0.828. The third kappa shape index (κ3) is 4.08. The van der Waals surface area contributed by atoms with Crippen LogP contribution in [0, 0.1) is 0 Å². The lowest BCUT2D eigenvalue weighted by Gasteiger charge is -2.32. The summed E-state index contributed by atoms with van der Waals surface area (Å²) in [5.74, 6) is 0. The molecule has 0 bridgehead atoms. The fraction of sp³-hybridized carbons (Fsp3) is 0.750. The number of nitrogens with one attached hydrogen (secondary N) is 1. The Kier molecular flexibility index (Phi) is 5.97. The molecule has 1 aliphatic rings. The highest BCUT2D eigenvalue weighted by Gasteiger charge is 2.18. The Labute approximate surface area is 131 Å². The van der Waals surface area contributed by atoms with E-state index in [-0.39, 0.29) is 11.2 Å². The lowest BCUT2D eigenvalue weighted by Crippen LogP contribution is -2.44. The van der Waals surface area contributed by atoms with E-state index >= 15 is 0 Å². The van der Waals surface area contributed by atoms with E-state index < -0.39 is 0 Å². The third-order valence-corrected chi connectivity index (χ3v) is 4.51. The topological polar surface area (TPSA) is 59.3 Å². The van der Waals surface area contributed by atoms with Gasteiger partial charge in [0.05, 0.1) is 0 Å². The van der Waals surface area contributed by atoms with Gasteiger partial charge in [0.25, 0.3) is 5.56 Å². The minimum Gasteiger partial charge on any atom is -0.310 e. The monoisotopic (exact) mass is 308 g/mol. The Morgan fingerprint density at radius 1 is 1.23 bits per heavy atom. The summed E-state index contributed by atoms with van der Waals surface area (Å²) in [6.07, 6.45) is 6.40. The molecule has 1 aliphatic heterocycles. The first-order valence-electron chi connectivity index (χ1n) is 8.24. The van der Waals surface area contributed by atoms with Crippen LogP contribution in [0.2, 0.25) is 0 Å². The summed E-state index contributed by atoms with van der Waals surface area (Å²) < 4.78 is 2.64. The van der Waals surface area contributed by atoms with E-state index in [1.54, 1.807) is 13.2 Å². The van der Waals surface area contributed by atoms with E-state index in [4.69, 9.17) is 0 Å². The zero-order chi connectivity index (χ0) is 16.1. The highest BCUT2D eigenvalue weighted by Crippen LogP contribution is 2.11. The minimum atomic E-state index is -0.280. The highest BCUT2D eigenvalue weighted by molar-refractivity contribution is 5.05. The van der Waals surface area contributed by atoms with Crippen molar-refractivity contribution in [2.75, 3.05) is 19.6 Å². The van der Waals surface area contributed by atoms with Gasteiger partial charge in [-0.1, -0.05) is 13.3 Å². The first-order chi connectivity index (χ1) is 10.5. The molecule has 0 spiro atoms. The Hall–Kier alpha value is -1.40. The molecule has 6 heteroatoms. The highest BCUT2D eigenvalue weighted by atomic mass is 16.2. The minimum absolute atomic E-state index is 0.198. The predicted octanol–water partition coefficient (Wildman–Crippen LogP) is 0.438. The fourth-order valence-corrected chi connectivity index (χ4v) is 3.00. The van der Waals surface area contributed by atoms with Gasteiger partial charge >= 0.3 is 5.69 Å². The van der Waals surface area contributed by atoms with Crippen LogP contribution in [0.15, 0.2) is 15.8 Å². The summed E-state index contributed by atoms with van der Waals surface area (Å²) in [4.78, 5) is 26.3.